The molecule has 1 saturated heterocycles. The summed E-state index contributed by atoms with van der Waals surface area (Å²) in [4.78, 5) is 2.28. The largest absolute Gasteiger partial charge is 0.381 e. The zero-order chi connectivity index (χ0) is 15.2. The van der Waals surface area contributed by atoms with Crippen molar-refractivity contribution >= 4 is 17.3 Å². The van der Waals surface area contributed by atoms with Gasteiger partial charge in [0.05, 0.1) is 6.61 Å². The van der Waals surface area contributed by atoms with E-state index in [4.69, 9.17) is 16.3 Å². The molecule has 1 fully saturated rings. The highest BCUT2D eigenvalue weighted by molar-refractivity contribution is 6.31. The Kier molecular flexibility index (Phi) is 6.34. The quantitative estimate of drug-likeness (QED) is 0.863. The predicted molar refractivity (Wildman–Crippen MR) is 90.4 cm³/mol. The molecular formula is C17H27ClN2O. The topological polar surface area (TPSA) is 24.5 Å². The van der Waals surface area contributed by atoms with Gasteiger partial charge in [0.15, 0.2) is 0 Å². The first-order valence-corrected chi connectivity index (χ1v) is 8.31. The van der Waals surface area contributed by atoms with Crippen molar-refractivity contribution in [3.63, 3.8) is 0 Å². The molecule has 3 nitrogen and oxygen atoms in total. The van der Waals surface area contributed by atoms with E-state index >= 15 is 0 Å². The van der Waals surface area contributed by atoms with E-state index in [-0.39, 0.29) is 6.04 Å². The lowest BCUT2D eigenvalue weighted by Crippen LogP contribution is -2.30. The average molecular weight is 311 g/mol. The van der Waals surface area contributed by atoms with Gasteiger partial charge in [-0.15, -0.1) is 0 Å². The van der Waals surface area contributed by atoms with E-state index in [1.54, 1.807) is 0 Å². The van der Waals surface area contributed by atoms with Crippen LogP contribution in [0.3, 0.4) is 0 Å². The Morgan fingerprint density at radius 2 is 2.29 bits per heavy atom. The van der Waals surface area contributed by atoms with Gasteiger partial charge >= 0.3 is 0 Å². The molecule has 0 spiro atoms. The number of anilines is 1. The zero-order valence-electron chi connectivity index (χ0n) is 13.4. The highest BCUT2D eigenvalue weighted by atomic mass is 35.5. The molecule has 0 saturated carbocycles. The van der Waals surface area contributed by atoms with E-state index in [9.17, 15) is 0 Å². The van der Waals surface area contributed by atoms with Gasteiger partial charge in [0.25, 0.3) is 0 Å². The van der Waals surface area contributed by atoms with Gasteiger partial charge < -0.3 is 15.0 Å². The monoisotopic (exact) mass is 310 g/mol. The lowest BCUT2D eigenvalue weighted by atomic mass is 10.0. The van der Waals surface area contributed by atoms with Crippen LogP contribution in [-0.4, -0.2) is 33.4 Å². The van der Waals surface area contributed by atoms with Crippen molar-refractivity contribution in [2.24, 2.45) is 5.92 Å². The lowest BCUT2D eigenvalue weighted by Gasteiger charge is -2.29. The highest BCUT2D eigenvalue weighted by Crippen LogP contribution is 2.28. The molecule has 0 aromatic heterocycles. The number of nitrogens with zero attached hydrogens (tertiary/aromatic N) is 1. The fourth-order valence-electron chi connectivity index (χ4n) is 2.96. The van der Waals surface area contributed by atoms with Crippen molar-refractivity contribution in [2.45, 2.75) is 32.7 Å². The van der Waals surface area contributed by atoms with E-state index in [1.807, 2.05) is 0 Å². The molecule has 4 heteroatoms. The van der Waals surface area contributed by atoms with E-state index in [1.165, 1.54) is 18.5 Å². The molecule has 0 bridgehead atoms. The van der Waals surface area contributed by atoms with Gasteiger partial charge in [0.1, 0.15) is 0 Å². The Hall–Kier alpha value is -0.770. The van der Waals surface area contributed by atoms with Crippen molar-refractivity contribution in [2.75, 3.05) is 38.3 Å². The van der Waals surface area contributed by atoms with Crippen LogP contribution < -0.4 is 10.2 Å². The number of halogens is 1. The summed E-state index contributed by atoms with van der Waals surface area (Å²) in [5.41, 5.74) is 2.34. The molecule has 1 aliphatic heterocycles. The average Bonchev–Trinajstić information content (AvgIpc) is 2.48. The van der Waals surface area contributed by atoms with Gasteiger partial charge in [-0.3, -0.25) is 0 Å². The Bertz CT molecular complexity index is 446. The minimum Gasteiger partial charge on any atom is -0.381 e. The van der Waals surface area contributed by atoms with Gasteiger partial charge in [0.2, 0.25) is 0 Å². The Morgan fingerprint density at radius 1 is 1.48 bits per heavy atom. The van der Waals surface area contributed by atoms with Crippen molar-refractivity contribution in [1.29, 1.82) is 0 Å². The summed E-state index contributed by atoms with van der Waals surface area (Å²) in [6, 6.07) is 6.67. The zero-order valence-corrected chi connectivity index (χ0v) is 14.1. The highest BCUT2D eigenvalue weighted by Gasteiger charge is 2.17. The second-order valence-electron chi connectivity index (χ2n) is 5.95. The summed E-state index contributed by atoms with van der Waals surface area (Å²) in [6.07, 6.45) is 2.44. The number of ether oxygens (including phenoxy) is 1. The second-order valence-corrected chi connectivity index (χ2v) is 6.36. The van der Waals surface area contributed by atoms with Crippen LogP contribution in [0.4, 0.5) is 5.69 Å². The molecule has 0 radical (unpaired) electrons. The maximum absolute atomic E-state index is 6.46. The summed E-state index contributed by atoms with van der Waals surface area (Å²) in [5.74, 6) is 0.628. The fraction of sp³-hybridized carbons (Fsp3) is 0.647. The van der Waals surface area contributed by atoms with Crippen LogP contribution in [0, 0.1) is 5.92 Å². The SMILES string of the molecule is CCNC(C)c1ccc(N(C)CC2CCCOC2)cc1Cl. The second kappa shape index (κ2) is 8.02. The molecule has 1 heterocycles. The van der Waals surface area contributed by atoms with E-state index in [0.717, 1.165) is 36.9 Å². The van der Waals surface area contributed by atoms with Crippen LogP contribution in [0.25, 0.3) is 0 Å². The molecule has 1 N–H and O–H groups in total. The maximum Gasteiger partial charge on any atom is 0.0511 e. The van der Waals surface area contributed by atoms with Crippen LogP contribution in [-0.2, 0) is 4.74 Å². The minimum atomic E-state index is 0.286. The summed E-state index contributed by atoms with van der Waals surface area (Å²) in [7, 11) is 2.13. The fourth-order valence-corrected chi connectivity index (χ4v) is 3.30. The number of hydrogen-bond acceptors (Lipinski definition) is 3. The third-order valence-corrected chi connectivity index (χ3v) is 4.52. The Morgan fingerprint density at radius 3 is 2.90 bits per heavy atom. The molecule has 1 aliphatic rings. The number of hydrogen-bond donors (Lipinski definition) is 1. The smallest absolute Gasteiger partial charge is 0.0511 e. The summed E-state index contributed by atoms with van der Waals surface area (Å²) in [5, 5.41) is 4.24. The Balaban J connectivity index is 2.01. The van der Waals surface area contributed by atoms with Gasteiger partial charge in [-0.05, 0) is 49.9 Å². The van der Waals surface area contributed by atoms with E-state index < -0.39 is 0 Å². The van der Waals surface area contributed by atoms with Gasteiger partial charge in [-0.1, -0.05) is 24.6 Å². The van der Waals surface area contributed by atoms with Crippen molar-refractivity contribution in [3.8, 4) is 0 Å². The van der Waals surface area contributed by atoms with Crippen LogP contribution >= 0.6 is 11.6 Å². The first-order chi connectivity index (χ1) is 10.1. The maximum atomic E-state index is 6.46. The minimum absolute atomic E-state index is 0.286. The molecule has 1 aromatic carbocycles. The van der Waals surface area contributed by atoms with Crippen LogP contribution in [0.5, 0.6) is 0 Å². The molecule has 0 amide bonds. The molecule has 1 aromatic rings. The summed E-state index contributed by atoms with van der Waals surface area (Å²) in [6.45, 7) is 8.03. The van der Waals surface area contributed by atoms with Crippen molar-refractivity contribution < 1.29 is 4.74 Å². The molecule has 2 atom stereocenters. The Labute approximate surface area is 133 Å². The molecule has 21 heavy (non-hydrogen) atoms. The van der Waals surface area contributed by atoms with Crippen molar-refractivity contribution in [3.05, 3.63) is 28.8 Å². The lowest BCUT2D eigenvalue weighted by molar-refractivity contribution is 0.0576. The van der Waals surface area contributed by atoms with Crippen LogP contribution in [0.15, 0.2) is 18.2 Å². The molecular weight excluding hydrogens is 284 g/mol. The van der Waals surface area contributed by atoms with Crippen molar-refractivity contribution in [1.82, 2.24) is 5.32 Å². The van der Waals surface area contributed by atoms with E-state index in [2.05, 4.69) is 49.3 Å². The summed E-state index contributed by atoms with van der Waals surface area (Å²) < 4.78 is 5.56. The number of benzene rings is 1. The first kappa shape index (κ1) is 16.6. The van der Waals surface area contributed by atoms with E-state index in [0.29, 0.717) is 5.92 Å². The molecule has 118 valence electrons. The standard InChI is InChI=1S/C17H27ClN2O/c1-4-19-13(2)16-8-7-15(10-17(16)18)20(3)11-14-6-5-9-21-12-14/h7-8,10,13-14,19H,4-6,9,11-12H2,1-3H3. The van der Waals surface area contributed by atoms with Crippen LogP contribution in [0.1, 0.15) is 38.3 Å². The van der Waals surface area contributed by atoms with Crippen LogP contribution in [0.2, 0.25) is 5.02 Å². The molecule has 2 unspecified atom stereocenters. The van der Waals surface area contributed by atoms with Gasteiger partial charge in [0, 0.05) is 37.0 Å². The summed E-state index contributed by atoms with van der Waals surface area (Å²) >= 11 is 6.46. The number of rotatable bonds is 6. The first-order valence-electron chi connectivity index (χ1n) is 7.93. The third-order valence-electron chi connectivity index (χ3n) is 4.19. The van der Waals surface area contributed by atoms with Gasteiger partial charge in [-0.25, -0.2) is 0 Å². The normalized spacial score (nSPS) is 20.3. The third kappa shape index (κ3) is 4.60. The van der Waals surface area contributed by atoms with Gasteiger partial charge in [-0.2, -0.15) is 0 Å². The number of nitrogens with one attached hydrogen (secondary N) is 1. The molecule has 0 aliphatic carbocycles. The predicted octanol–water partition coefficient (Wildman–Crippen LogP) is 3.87. The molecule has 2 rings (SSSR count).